The van der Waals surface area contributed by atoms with Gasteiger partial charge >= 0.3 is 0 Å². The van der Waals surface area contributed by atoms with E-state index in [2.05, 4.69) is 53.7 Å². The summed E-state index contributed by atoms with van der Waals surface area (Å²) in [5, 5.41) is 3.10. The Kier molecular flexibility index (Phi) is 8.30. The fourth-order valence-corrected chi connectivity index (χ4v) is 4.29. The van der Waals surface area contributed by atoms with Crippen LogP contribution in [0, 0.1) is 0 Å². The fourth-order valence-electron chi connectivity index (χ4n) is 4.29. The average Bonchev–Trinajstić information content (AvgIpc) is 2.93. The topological polar surface area (TPSA) is 49.4 Å². The summed E-state index contributed by atoms with van der Waals surface area (Å²) in [6.45, 7) is 2.84. The maximum atomic E-state index is 13.1. The Hall–Kier alpha value is -4.18. The minimum absolute atomic E-state index is 0.0590. The van der Waals surface area contributed by atoms with E-state index in [1.54, 1.807) is 0 Å². The van der Waals surface area contributed by atoms with Crippen LogP contribution in [0.5, 0.6) is 0 Å². The Balaban J connectivity index is 1.40. The predicted octanol–water partition coefficient (Wildman–Crippen LogP) is 6.51. The molecule has 0 aromatic heterocycles. The van der Waals surface area contributed by atoms with E-state index in [1.165, 1.54) is 5.56 Å². The molecule has 1 unspecified atom stereocenters. The first-order chi connectivity index (χ1) is 17.5. The Bertz CT molecular complexity index is 1300. The lowest BCUT2D eigenvalue weighted by atomic mass is 9.97. The maximum absolute atomic E-state index is 13.1. The second kappa shape index (κ2) is 12.0. The molecule has 4 aromatic carbocycles. The van der Waals surface area contributed by atoms with E-state index in [9.17, 15) is 9.59 Å². The molecule has 36 heavy (non-hydrogen) atoms. The standard InChI is InChI=1S/C32H32N2O2/c1-24(26-16-18-30(19-17-26)34(2)21-20-25-10-4-3-5-11-25)32(36)33-31-15-9-8-13-28(31)22-27-12-6-7-14-29(27)23-35/h3-19,23-24H,20-22H2,1-2H3,(H,33,36). The number of hydrogen-bond acceptors (Lipinski definition) is 3. The molecule has 0 radical (unpaired) electrons. The van der Waals surface area contributed by atoms with Gasteiger partial charge in [-0.25, -0.2) is 0 Å². The van der Waals surface area contributed by atoms with Crippen LogP contribution in [0.1, 0.15) is 45.5 Å². The van der Waals surface area contributed by atoms with Gasteiger partial charge in [0, 0.05) is 37.0 Å². The van der Waals surface area contributed by atoms with Gasteiger partial charge in [0.1, 0.15) is 6.29 Å². The molecule has 0 aliphatic rings. The highest BCUT2D eigenvalue weighted by atomic mass is 16.1. The zero-order valence-corrected chi connectivity index (χ0v) is 20.9. The fraction of sp³-hybridized carbons (Fsp3) is 0.188. The van der Waals surface area contributed by atoms with E-state index >= 15 is 0 Å². The lowest BCUT2D eigenvalue weighted by Crippen LogP contribution is -2.21. The van der Waals surface area contributed by atoms with Crippen LogP contribution in [0.25, 0.3) is 0 Å². The molecule has 0 heterocycles. The molecule has 182 valence electrons. The van der Waals surface area contributed by atoms with Crippen molar-refractivity contribution in [3.8, 4) is 0 Å². The molecule has 4 nitrogen and oxygen atoms in total. The van der Waals surface area contributed by atoms with Gasteiger partial charge in [0.25, 0.3) is 0 Å². The number of nitrogens with zero attached hydrogens (tertiary/aromatic N) is 1. The first-order valence-electron chi connectivity index (χ1n) is 12.3. The number of carbonyl (C=O) groups excluding carboxylic acids is 2. The number of rotatable bonds is 10. The van der Waals surface area contributed by atoms with Gasteiger partial charge in [-0.15, -0.1) is 0 Å². The summed E-state index contributed by atoms with van der Waals surface area (Å²) in [4.78, 5) is 26.8. The zero-order valence-electron chi connectivity index (χ0n) is 20.9. The van der Waals surface area contributed by atoms with E-state index in [-0.39, 0.29) is 11.8 Å². The summed E-state index contributed by atoms with van der Waals surface area (Å²) < 4.78 is 0. The van der Waals surface area contributed by atoms with Crippen LogP contribution in [0.4, 0.5) is 11.4 Å². The molecule has 1 atom stereocenters. The van der Waals surface area contributed by atoms with E-state index in [0.29, 0.717) is 12.0 Å². The lowest BCUT2D eigenvalue weighted by Gasteiger charge is -2.21. The van der Waals surface area contributed by atoms with E-state index in [0.717, 1.165) is 47.3 Å². The van der Waals surface area contributed by atoms with E-state index in [4.69, 9.17) is 0 Å². The van der Waals surface area contributed by atoms with Gasteiger partial charge in [-0.2, -0.15) is 0 Å². The Morgan fingerprint density at radius 3 is 2.19 bits per heavy atom. The summed E-state index contributed by atoms with van der Waals surface area (Å²) in [5.41, 5.74) is 6.77. The molecule has 0 saturated carbocycles. The van der Waals surface area contributed by atoms with Crippen molar-refractivity contribution in [1.29, 1.82) is 0 Å². The summed E-state index contributed by atoms with van der Waals surface area (Å²) in [6.07, 6.45) is 2.43. The summed E-state index contributed by atoms with van der Waals surface area (Å²) >= 11 is 0. The van der Waals surface area contributed by atoms with Gasteiger partial charge in [-0.3, -0.25) is 9.59 Å². The van der Waals surface area contributed by atoms with Gasteiger partial charge in [0.05, 0.1) is 5.92 Å². The van der Waals surface area contributed by atoms with Gasteiger partial charge in [0.15, 0.2) is 0 Å². The number of benzene rings is 4. The molecular formula is C32H32N2O2. The molecule has 0 saturated heterocycles. The number of likely N-dealkylation sites (N-methyl/N-ethyl adjacent to an activating group) is 1. The van der Waals surface area contributed by atoms with Crippen LogP contribution in [-0.2, 0) is 17.6 Å². The molecule has 4 heteroatoms. The number of para-hydroxylation sites is 1. The van der Waals surface area contributed by atoms with Crippen molar-refractivity contribution >= 4 is 23.6 Å². The van der Waals surface area contributed by atoms with E-state index < -0.39 is 0 Å². The molecule has 0 bridgehead atoms. The van der Waals surface area contributed by atoms with Crippen molar-refractivity contribution in [2.24, 2.45) is 0 Å². The highest BCUT2D eigenvalue weighted by Gasteiger charge is 2.17. The third kappa shape index (κ3) is 6.28. The van der Waals surface area contributed by atoms with Crippen LogP contribution >= 0.6 is 0 Å². The predicted molar refractivity (Wildman–Crippen MR) is 148 cm³/mol. The normalized spacial score (nSPS) is 11.5. The third-order valence-corrected chi connectivity index (χ3v) is 6.64. The lowest BCUT2D eigenvalue weighted by molar-refractivity contribution is -0.117. The average molecular weight is 477 g/mol. The van der Waals surface area contributed by atoms with Crippen molar-refractivity contribution in [1.82, 2.24) is 0 Å². The molecule has 0 spiro atoms. The molecule has 0 fully saturated rings. The Labute approximate surface area is 213 Å². The third-order valence-electron chi connectivity index (χ3n) is 6.64. The zero-order chi connectivity index (χ0) is 25.3. The van der Waals surface area contributed by atoms with Crippen LogP contribution < -0.4 is 10.2 Å². The largest absolute Gasteiger partial charge is 0.374 e. The Morgan fingerprint density at radius 1 is 0.833 bits per heavy atom. The first-order valence-corrected chi connectivity index (χ1v) is 12.3. The number of aldehydes is 1. The summed E-state index contributed by atoms with van der Waals surface area (Å²) in [6, 6.07) is 34.0. The number of anilines is 2. The minimum Gasteiger partial charge on any atom is -0.374 e. The van der Waals surface area contributed by atoms with Crippen molar-refractivity contribution in [2.75, 3.05) is 23.8 Å². The summed E-state index contributed by atoms with van der Waals surface area (Å²) in [7, 11) is 2.09. The van der Waals surface area contributed by atoms with Crippen LogP contribution in [-0.4, -0.2) is 25.8 Å². The number of nitrogens with one attached hydrogen (secondary N) is 1. The number of carbonyl (C=O) groups is 2. The van der Waals surface area contributed by atoms with Crippen LogP contribution in [0.2, 0.25) is 0 Å². The number of hydrogen-bond donors (Lipinski definition) is 1. The molecule has 1 N–H and O–H groups in total. The Morgan fingerprint density at radius 2 is 1.47 bits per heavy atom. The van der Waals surface area contributed by atoms with Crippen molar-refractivity contribution in [3.05, 3.63) is 131 Å². The van der Waals surface area contributed by atoms with Gasteiger partial charge in [0.2, 0.25) is 5.91 Å². The molecule has 4 rings (SSSR count). The van der Waals surface area contributed by atoms with Gasteiger partial charge < -0.3 is 10.2 Å². The molecular weight excluding hydrogens is 444 g/mol. The molecule has 1 amide bonds. The molecule has 0 aliphatic carbocycles. The molecule has 0 aliphatic heterocycles. The molecule has 4 aromatic rings. The van der Waals surface area contributed by atoms with Crippen molar-refractivity contribution < 1.29 is 9.59 Å². The SMILES string of the molecule is CC(C(=O)Nc1ccccc1Cc1ccccc1C=O)c1ccc(N(C)CCc2ccccc2)cc1. The van der Waals surface area contributed by atoms with Crippen LogP contribution in [0.15, 0.2) is 103 Å². The quantitative estimate of drug-likeness (QED) is 0.265. The number of amides is 1. The van der Waals surface area contributed by atoms with Crippen LogP contribution in [0.3, 0.4) is 0 Å². The monoisotopic (exact) mass is 476 g/mol. The summed E-state index contributed by atoms with van der Waals surface area (Å²) in [5.74, 6) is -0.361. The first kappa shape index (κ1) is 24.9. The van der Waals surface area contributed by atoms with Gasteiger partial charge in [-0.05, 0) is 53.8 Å². The van der Waals surface area contributed by atoms with Crippen molar-refractivity contribution in [3.63, 3.8) is 0 Å². The van der Waals surface area contributed by atoms with Gasteiger partial charge in [-0.1, -0.05) is 84.9 Å². The van der Waals surface area contributed by atoms with E-state index in [1.807, 2.05) is 73.7 Å². The highest BCUT2D eigenvalue weighted by Crippen LogP contribution is 2.25. The highest BCUT2D eigenvalue weighted by molar-refractivity contribution is 5.96. The second-order valence-electron chi connectivity index (χ2n) is 9.11. The van der Waals surface area contributed by atoms with Crippen molar-refractivity contribution in [2.45, 2.75) is 25.7 Å². The second-order valence-corrected chi connectivity index (χ2v) is 9.11. The maximum Gasteiger partial charge on any atom is 0.231 e. The minimum atomic E-state index is -0.302. The smallest absolute Gasteiger partial charge is 0.231 e.